The van der Waals surface area contributed by atoms with Gasteiger partial charge >= 0.3 is 0 Å². The van der Waals surface area contributed by atoms with Gasteiger partial charge in [0.2, 0.25) is 0 Å². The summed E-state index contributed by atoms with van der Waals surface area (Å²) in [6, 6.07) is 14.9. The van der Waals surface area contributed by atoms with E-state index in [1.165, 1.54) is 0 Å². The Hall–Kier alpha value is -3.61. The number of imidazole rings is 1. The lowest BCUT2D eigenvalue weighted by Gasteiger charge is -2.07. The third-order valence-electron chi connectivity index (χ3n) is 3.85. The first-order valence-corrected chi connectivity index (χ1v) is 8.34. The van der Waals surface area contributed by atoms with Crippen molar-refractivity contribution >= 4 is 11.6 Å². The monoisotopic (exact) mass is 364 g/mol. The standard InChI is InChI=1S/C20H20N4O3/c1-15(16-6-8-17(9-7-16)24-11-10-21-14-24)22-23-20(25)13-27-19-5-3-4-18(12-19)26-2/h3-12,14H,13H2,1-2H3,(H,23,25). The van der Waals surface area contributed by atoms with Crippen LogP contribution in [0.5, 0.6) is 11.5 Å². The highest BCUT2D eigenvalue weighted by atomic mass is 16.5. The minimum Gasteiger partial charge on any atom is -0.497 e. The van der Waals surface area contributed by atoms with E-state index in [0.717, 1.165) is 11.3 Å². The minimum absolute atomic E-state index is 0.135. The smallest absolute Gasteiger partial charge is 0.277 e. The molecule has 7 heteroatoms. The average Bonchev–Trinajstić information content (AvgIpc) is 3.25. The van der Waals surface area contributed by atoms with Gasteiger partial charge in [-0.05, 0) is 36.8 Å². The molecule has 0 saturated carbocycles. The maximum absolute atomic E-state index is 11.9. The molecule has 3 aromatic rings. The Bertz CT molecular complexity index is 919. The fourth-order valence-electron chi connectivity index (χ4n) is 2.37. The summed E-state index contributed by atoms with van der Waals surface area (Å²) in [5.41, 5.74) is 5.11. The molecule has 0 spiro atoms. The summed E-state index contributed by atoms with van der Waals surface area (Å²) in [4.78, 5) is 16.0. The van der Waals surface area contributed by atoms with E-state index in [4.69, 9.17) is 9.47 Å². The van der Waals surface area contributed by atoms with Crippen molar-refractivity contribution in [3.8, 4) is 17.2 Å². The number of carbonyl (C=O) groups excluding carboxylic acids is 1. The molecular weight excluding hydrogens is 344 g/mol. The van der Waals surface area contributed by atoms with Gasteiger partial charge in [0.15, 0.2) is 6.61 Å². The van der Waals surface area contributed by atoms with Crippen LogP contribution in [0.2, 0.25) is 0 Å². The fraction of sp³-hybridized carbons (Fsp3) is 0.150. The number of ether oxygens (including phenoxy) is 2. The Morgan fingerprint density at radius 2 is 1.96 bits per heavy atom. The van der Waals surface area contributed by atoms with Gasteiger partial charge in [-0.1, -0.05) is 18.2 Å². The van der Waals surface area contributed by atoms with Gasteiger partial charge in [0.05, 0.1) is 19.1 Å². The summed E-state index contributed by atoms with van der Waals surface area (Å²) < 4.78 is 12.5. The number of carbonyl (C=O) groups is 1. The van der Waals surface area contributed by atoms with E-state index in [1.54, 1.807) is 43.9 Å². The summed E-state index contributed by atoms with van der Waals surface area (Å²) in [6.45, 7) is 1.69. The zero-order valence-corrected chi connectivity index (χ0v) is 15.1. The van der Waals surface area contributed by atoms with Gasteiger partial charge in [-0.15, -0.1) is 0 Å². The average molecular weight is 364 g/mol. The first kappa shape index (κ1) is 18.2. The van der Waals surface area contributed by atoms with Crippen LogP contribution in [0, 0.1) is 0 Å². The van der Waals surface area contributed by atoms with Crippen LogP contribution in [0.15, 0.2) is 72.4 Å². The van der Waals surface area contributed by atoms with Crippen molar-refractivity contribution in [2.75, 3.05) is 13.7 Å². The molecule has 2 aromatic carbocycles. The molecule has 27 heavy (non-hydrogen) atoms. The molecule has 0 aliphatic carbocycles. The lowest BCUT2D eigenvalue weighted by Crippen LogP contribution is -2.25. The quantitative estimate of drug-likeness (QED) is 0.517. The maximum Gasteiger partial charge on any atom is 0.277 e. The Labute approximate surface area is 157 Å². The second-order valence-electron chi connectivity index (χ2n) is 5.72. The molecule has 0 aliphatic rings. The SMILES string of the molecule is COc1cccc(OCC(=O)NN=C(C)c2ccc(-n3ccnc3)cc2)c1. The molecule has 7 nitrogen and oxygen atoms in total. The number of amides is 1. The number of hydrazone groups is 1. The number of hydrogen-bond acceptors (Lipinski definition) is 5. The number of methoxy groups -OCH3 is 1. The minimum atomic E-state index is -0.341. The van der Waals surface area contributed by atoms with Gasteiger partial charge < -0.3 is 14.0 Å². The number of benzene rings is 2. The molecule has 0 aliphatic heterocycles. The van der Waals surface area contributed by atoms with Crippen molar-refractivity contribution in [1.29, 1.82) is 0 Å². The van der Waals surface area contributed by atoms with Crippen LogP contribution >= 0.6 is 0 Å². The first-order valence-electron chi connectivity index (χ1n) is 8.34. The van der Waals surface area contributed by atoms with Crippen molar-refractivity contribution in [1.82, 2.24) is 15.0 Å². The highest BCUT2D eigenvalue weighted by molar-refractivity contribution is 5.99. The Morgan fingerprint density at radius 1 is 1.19 bits per heavy atom. The van der Waals surface area contributed by atoms with Crippen LogP contribution in [0.3, 0.4) is 0 Å². The van der Waals surface area contributed by atoms with Crippen LogP contribution in [-0.2, 0) is 4.79 Å². The number of rotatable bonds is 7. The molecule has 3 rings (SSSR count). The van der Waals surface area contributed by atoms with E-state index < -0.39 is 0 Å². The molecule has 0 atom stereocenters. The molecule has 138 valence electrons. The number of nitrogens with zero attached hydrogens (tertiary/aromatic N) is 3. The van der Waals surface area contributed by atoms with Gasteiger partial charge in [0, 0.05) is 24.1 Å². The summed E-state index contributed by atoms with van der Waals surface area (Å²) in [5, 5.41) is 4.13. The fourth-order valence-corrected chi connectivity index (χ4v) is 2.37. The lowest BCUT2D eigenvalue weighted by molar-refractivity contribution is -0.123. The molecule has 0 saturated heterocycles. The van der Waals surface area contributed by atoms with Crippen LogP contribution < -0.4 is 14.9 Å². The molecule has 0 fully saturated rings. The zero-order chi connectivity index (χ0) is 19.1. The van der Waals surface area contributed by atoms with Crippen LogP contribution in [-0.4, -0.2) is 34.9 Å². The highest BCUT2D eigenvalue weighted by Gasteiger charge is 2.04. The normalized spacial score (nSPS) is 11.1. The molecule has 1 amide bonds. The third kappa shape index (κ3) is 4.94. The van der Waals surface area contributed by atoms with E-state index in [2.05, 4.69) is 15.5 Å². The van der Waals surface area contributed by atoms with Crippen molar-refractivity contribution in [2.45, 2.75) is 6.92 Å². The highest BCUT2D eigenvalue weighted by Crippen LogP contribution is 2.18. The van der Waals surface area contributed by atoms with Gasteiger partial charge in [0.1, 0.15) is 11.5 Å². The van der Waals surface area contributed by atoms with Crippen molar-refractivity contribution in [3.05, 3.63) is 72.8 Å². The number of nitrogens with one attached hydrogen (secondary N) is 1. The van der Waals surface area contributed by atoms with E-state index in [9.17, 15) is 4.79 Å². The predicted octanol–water partition coefficient (Wildman–Crippen LogP) is 2.80. The van der Waals surface area contributed by atoms with Gasteiger partial charge in [-0.25, -0.2) is 10.4 Å². The predicted molar refractivity (Wildman–Crippen MR) is 102 cm³/mol. The molecule has 0 bridgehead atoms. The van der Waals surface area contributed by atoms with Gasteiger partial charge in [0.25, 0.3) is 5.91 Å². The van der Waals surface area contributed by atoms with E-state index in [-0.39, 0.29) is 12.5 Å². The summed E-state index contributed by atoms with van der Waals surface area (Å²) in [5.74, 6) is 0.883. The van der Waals surface area contributed by atoms with Gasteiger partial charge in [-0.2, -0.15) is 5.10 Å². The topological polar surface area (TPSA) is 77.7 Å². The lowest BCUT2D eigenvalue weighted by atomic mass is 10.1. The number of hydrogen-bond donors (Lipinski definition) is 1. The van der Waals surface area contributed by atoms with Crippen LogP contribution in [0.1, 0.15) is 12.5 Å². The third-order valence-corrected chi connectivity index (χ3v) is 3.85. The van der Waals surface area contributed by atoms with Gasteiger partial charge in [-0.3, -0.25) is 4.79 Å². The van der Waals surface area contributed by atoms with Crippen LogP contribution in [0.4, 0.5) is 0 Å². The summed E-state index contributed by atoms with van der Waals surface area (Å²) in [7, 11) is 1.57. The van der Waals surface area contributed by atoms with Crippen molar-refractivity contribution < 1.29 is 14.3 Å². The Balaban J connectivity index is 1.54. The van der Waals surface area contributed by atoms with Crippen molar-refractivity contribution in [2.24, 2.45) is 5.10 Å². The Morgan fingerprint density at radius 3 is 2.67 bits per heavy atom. The molecule has 0 radical (unpaired) electrons. The second-order valence-corrected chi connectivity index (χ2v) is 5.72. The molecular formula is C20H20N4O3. The molecule has 1 N–H and O–H groups in total. The second kappa shape index (κ2) is 8.66. The Kier molecular flexibility index (Phi) is 5.84. The molecule has 1 aromatic heterocycles. The molecule has 0 unspecified atom stereocenters. The number of aromatic nitrogens is 2. The van der Waals surface area contributed by atoms with Crippen molar-refractivity contribution in [3.63, 3.8) is 0 Å². The zero-order valence-electron chi connectivity index (χ0n) is 15.1. The maximum atomic E-state index is 11.9. The first-order chi connectivity index (χ1) is 13.2. The van der Waals surface area contributed by atoms with Crippen LogP contribution in [0.25, 0.3) is 5.69 Å². The molecule has 1 heterocycles. The van der Waals surface area contributed by atoms with E-state index in [0.29, 0.717) is 17.2 Å². The van der Waals surface area contributed by atoms with E-state index >= 15 is 0 Å². The largest absolute Gasteiger partial charge is 0.497 e. The summed E-state index contributed by atoms with van der Waals surface area (Å²) in [6.07, 6.45) is 5.33. The van der Waals surface area contributed by atoms with E-state index in [1.807, 2.05) is 42.0 Å². The summed E-state index contributed by atoms with van der Waals surface area (Å²) >= 11 is 0.